The molecule has 1 aliphatic heterocycles. The second-order valence-electron chi connectivity index (χ2n) is 7.59. The lowest BCUT2D eigenvalue weighted by Gasteiger charge is -2.16. The van der Waals surface area contributed by atoms with Gasteiger partial charge in [-0.15, -0.1) is 0 Å². The Morgan fingerprint density at radius 2 is 1.56 bits per heavy atom. The number of anilines is 1. The number of nitrogens with zero attached hydrogens (tertiary/aromatic N) is 2. The van der Waals surface area contributed by atoms with Crippen LogP contribution in [0, 0.1) is 0 Å². The van der Waals surface area contributed by atoms with Crippen molar-refractivity contribution in [3.8, 4) is 11.5 Å². The number of methoxy groups -OCH3 is 2. The van der Waals surface area contributed by atoms with Crippen molar-refractivity contribution >= 4 is 40.1 Å². The number of benzene rings is 3. The van der Waals surface area contributed by atoms with Gasteiger partial charge in [-0.1, -0.05) is 42.1 Å². The minimum atomic E-state index is -0.557. The van der Waals surface area contributed by atoms with Crippen molar-refractivity contribution in [3.63, 3.8) is 0 Å². The van der Waals surface area contributed by atoms with E-state index in [4.69, 9.17) is 14.5 Å². The average Bonchev–Trinajstić information content (AvgIpc) is 3.14. The summed E-state index contributed by atoms with van der Waals surface area (Å²) in [5.74, 6) is 1.07. The fourth-order valence-electron chi connectivity index (χ4n) is 3.46. The maximum absolute atomic E-state index is 13.3. The summed E-state index contributed by atoms with van der Waals surface area (Å²) in [6, 6.07) is 24.1. The number of carbonyl (C=O) groups is 2. The second-order valence-corrected chi connectivity index (χ2v) is 8.76. The number of amidine groups is 1. The van der Waals surface area contributed by atoms with Gasteiger partial charge in [-0.2, -0.15) is 0 Å². The second kappa shape index (κ2) is 10.9. The Kier molecular flexibility index (Phi) is 7.49. The molecule has 0 bridgehead atoms. The summed E-state index contributed by atoms with van der Waals surface area (Å²) >= 11 is 1.31. The number of thioether (sulfide) groups is 1. The highest BCUT2D eigenvalue weighted by atomic mass is 32.2. The van der Waals surface area contributed by atoms with Crippen molar-refractivity contribution in [1.29, 1.82) is 0 Å². The maximum atomic E-state index is 13.3. The van der Waals surface area contributed by atoms with Gasteiger partial charge in [0.25, 0.3) is 0 Å². The van der Waals surface area contributed by atoms with Crippen LogP contribution >= 0.6 is 11.8 Å². The molecule has 0 radical (unpaired) electrons. The Labute approximate surface area is 202 Å². The zero-order valence-electron chi connectivity index (χ0n) is 18.9. The molecule has 174 valence electrons. The number of carbonyl (C=O) groups excluding carboxylic acids is 2. The quantitative estimate of drug-likeness (QED) is 0.503. The van der Waals surface area contributed by atoms with Crippen molar-refractivity contribution in [2.24, 2.45) is 4.99 Å². The molecule has 1 fully saturated rings. The highest BCUT2D eigenvalue weighted by molar-refractivity contribution is 8.15. The molecule has 1 aliphatic rings. The number of hydrogen-bond donors (Lipinski definition) is 1. The van der Waals surface area contributed by atoms with Gasteiger partial charge < -0.3 is 14.8 Å². The van der Waals surface area contributed by atoms with Gasteiger partial charge in [-0.3, -0.25) is 14.5 Å². The van der Waals surface area contributed by atoms with E-state index in [1.165, 1.54) is 11.8 Å². The number of amides is 2. The third-order valence-corrected chi connectivity index (χ3v) is 6.42. The molecule has 3 aromatic rings. The molecule has 0 aliphatic carbocycles. The van der Waals surface area contributed by atoms with Crippen LogP contribution in [-0.4, -0.2) is 41.4 Å². The fourth-order valence-corrected chi connectivity index (χ4v) is 4.62. The molecule has 0 saturated carbocycles. The van der Waals surface area contributed by atoms with E-state index in [9.17, 15) is 9.59 Å². The maximum Gasteiger partial charge on any atom is 0.242 e. The van der Waals surface area contributed by atoms with Crippen LogP contribution in [0.4, 0.5) is 11.4 Å². The van der Waals surface area contributed by atoms with Gasteiger partial charge in [0.05, 0.1) is 26.5 Å². The molecule has 2 amide bonds. The summed E-state index contributed by atoms with van der Waals surface area (Å²) in [7, 11) is 3.19. The molecule has 8 heteroatoms. The SMILES string of the molecule is COc1ccc(N=C2SC(CC(=O)Nc3ccc(OC)cc3)C(=O)N2Cc2ccccc2)cc1. The summed E-state index contributed by atoms with van der Waals surface area (Å²) in [5, 5.41) is 2.86. The Balaban J connectivity index is 1.51. The Hall–Kier alpha value is -3.78. The number of nitrogens with one attached hydrogen (secondary N) is 1. The molecule has 1 N–H and O–H groups in total. The molecule has 3 aromatic carbocycles. The molecule has 0 spiro atoms. The summed E-state index contributed by atoms with van der Waals surface area (Å²) in [6.45, 7) is 0.387. The molecule has 1 unspecified atom stereocenters. The first-order chi connectivity index (χ1) is 16.6. The molecule has 34 heavy (non-hydrogen) atoms. The van der Waals surface area contributed by atoms with Crippen LogP contribution in [0.1, 0.15) is 12.0 Å². The zero-order valence-corrected chi connectivity index (χ0v) is 19.7. The van der Waals surface area contributed by atoms with Crippen LogP contribution in [-0.2, 0) is 16.1 Å². The van der Waals surface area contributed by atoms with Gasteiger partial charge in [0, 0.05) is 12.1 Å². The average molecular weight is 476 g/mol. The van der Waals surface area contributed by atoms with Crippen LogP contribution in [0.3, 0.4) is 0 Å². The van der Waals surface area contributed by atoms with E-state index in [1.807, 2.05) is 54.6 Å². The van der Waals surface area contributed by atoms with E-state index in [1.54, 1.807) is 43.4 Å². The van der Waals surface area contributed by atoms with Crippen LogP contribution < -0.4 is 14.8 Å². The first kappa shape index (κ1) is 23.4. The van der Waals surface area contributed by atoms with Gasteiger partial charge in [-0.05, 0) is 54.1 Å². The molecule has 7 nitrogen and oxygen atoms in total. The monoisotopic (exact) mass is 475 g/mol. The predicted octanol–water partition coefficient (Wildman–Crippen LogP) is 4.86. The van der Waals surface area contributed by atoms with Crippen LogP contribution in [0.5, 0.6) is 11.5 Å². The van der Waals surface area contributed by atoms with Crippen molar-refractivity contribution < 1.29 is 19.1 Å². The van der Waals surface area contributed by atoms with Gasteiger partial charge in [0.15, 0.2) is 5.17 Å². The number of hydrogen-bond acceptors (Lipinski definition) is 6. The van der Waals surface area contributed by atoms with E-state index in [0.29, 0.717) is 28.8 Å². The Morgan fingerprint density at radius 1 is 0.941 bits per heavy atom. The van der Waals surface area contributed by atoms with E-state index in [2.05, 4.69) is 5.32 Å². The standard InChI is InChI=1S/C26H25N3O4S/c1-32-21-12-8-19(9-13-21)27-24(30)16-23-25(31)29(17-18-6-4-3-5-7-18)26(34-23)28-20-10-14-22(33-2)15-11-20/h3-15,23H,16-17H2,1-2H3,(H,27,30). The molecule has 1 heterocycles. The highest BCUT2D eigenvalue weighted by Crippen LogP contribution is 2.33. The van der Waals surface area contributed by atoms with Gasteiger partial charge in [-0.25, -0.2) is 4.99 Å². The minimum Gasteiger partial charge on any atom is -0.497 e. The zero-order chi connectivity index (χ0) is 23.9. The molecular formula is C26H25N3O4S. The van der Waals surface area contributed by atoms with Crippen molar-refractivity contribution in [2.75, 3.05) is 19.5 Å². The first-order valence-corrected chi connectivity index (χ1v) is 11.6. The first-order valence-electron chi connectivity index (χ1n) is 10.7. The van der Waals surface area contributed by atoms with E-state index < -0.39 is 5.25 Å². The minimum absolute atomic E-state index is 0.0441. The van der Waals surface area contributed by atoms with Crippen molar-refractivity contribution in [2.45, 2.75) is 18.2 Å². The Bertz CT molecular complexity index is 1160. The van der Waals surface area contributed by atoms with Gasteiger partial charge in [0.2, 0.25) is 11.8 Å². The van der Waals surface area contributed by atoms with Crippen LogP contribution in [0.2, 0.25) is 0 Å². The van der Waals surface area contributed by atoms with Gasteiger partial charge in [0.1, 0.15) is 16.7 Å². The number of ether oxygens (including phenoxy) is 2. The van der Waals surface area contributed by atoms with Gasteiger partial charge >= 0.3 is 0 Å². The smallest absolute Gasteiger partial charge is 0.242 e. The molecule has 1 atom stereocenters. The lowest BCUT2D eigenvalue weighted by molar-refractivity contribution is -0.128. The summed E-state index contributed by atoms with van der Waals surface area (Å²) in [4.78, 5) is 32.3. The summed E-state index contributed by atoms with van der Waals surface area (Å²) in [5.41, 5.74) is 2.34. The Morgan fingerprint density at radius 3 is 2.18 bits per heavy atom. The lowest BCUT2D eigenvalue weighted by atomic mass is 10.2. The third-order valence-electron chi connectivity index (χ3n) is 5.25. The van der Waals surface area contributed by atoms with E-state index >= 15 is 0 Å². The lowest BCUT2D eigenvalue weighted by Crippen LogP contribution is -2.33. The van der Waals surface area contributed by atoms with E-state index in [0.717, 1.165) is 11.3 Å². The molecule has 4 rings (SSSR count). The molecular weight excluding hydrogens is 450 g/mol. The van der Waals surface area contributed by atoms with Crippen LogP contribution in [0.25, 0.3) is 0 Å². The normalized spacial score (nSPS) is 16.5. The largest absolute Gasteiger partial charge is 0.497 e. The molecule has 1 saturated heterocycles. The fraction of sp³-hybridized carbons (Fsp3) is 0.192. The summed E-state index contributed by atoms with van der Waals surface area (Å²) in [6.07, 6.45) is 0.0441. The number of rotatable bonds is 8. The topological polar surface area (TPSA) is 80.2 Å². The predicted molar refractivity (Wildman–Crippen MR) is 135 cm³/mol. The van der Waals surface area contributed by atoms with Crippen LogP contribution in [0.15, 0.2) is 83.9 Å². The number of aliphatic imine (C=N–C) groups is 1. The molecule has 0 aromatic heterocycles. The van der Waals surface area contributed by atoms with Crippen molar-refractivity contribution in [1.82, 2.24) is 4.90 Å². The highest BCUT2D eigenvalue weighted by Gasteiger charge is 2.39. The third kappa shape index (κ3) is 5.77. The van der Waals surface area contributed by atoms with E-state index in [-0.39, 0.29) is 18.2 Å². The van der Waals surface area contributed by atoms with Crippen molar-refractivity contribution in [3.05, 3.63) is 84.4 Å². The summed E-state index contributed by atoms with van der Waals surface area (Å²) < 4.78 is 10.4.